The summed E-state index contributed by atoms with van der Waals surface area (Å²) >= 11 is 1.71. The molecule has 0 bridgehead atoms. The van der Waals surface area contributed by atoms with Gasteiger partial charge in [-0.1, -0.05) is 12.1 Å². The van der Waals surface area contributed by atoms with Crippen molar-refractivity contribution in [2.24, 2.45) is 0 Å². The molecule has 0 fully saturated rings. The van der Waals surface area contributed by atoms with Crippen molar-refractivity contribution in [3.05, 3.63) is 51.7 Å². The van der Waals surface area contributed by atoms with Gasteiger partial charge in [-0.3, -0.25) is 4.79 Å². The number of hydrogen-bond acceptors (Lipinski definition) is 6. The molecule has 1 aromatic carbocycles. The van der Waals surface area contributed by atoms with Crippen molar-refractivity contribution >= 4 is 33.3 Å². The summed E-state index contributed by atoms with van der Waals surface area (Å²) in [4.78, 5) is 25.8. The molecule has 0 aliphatic heterocycles. The van der Waals surface area contributed by atoms with Crippen LogP contribution in [0.25, 0.3) is 10.2 Å². The molecule has 0 saturated heterocycles. The van der Waals surface area contributed by atoms with Crippen LogP contribution in [-0.2, 0) is 6.54 Å². The second-order valence-electron chi connectivity index (χ2n) is 7.55. The standard InChI is InChI=1S/C22H29N5OS/c1-14-15(2)29-22-19(14)20(25-16(3)26-22)24-13-17-7-9-18(10-8-17)21(28)23-11-6-12-27(4)5/h7-10H,6,11-13H2,1-5H3,(H,23,28)(H,24,25,26). The van der Waals surface area contributed by atoms with Crippen molar-refractivity contribution in [1.29, 1.82) is 0 Å². The van der Waals surface area contributed by atoms with Gasteiger partial charge in [-0.2, -0.15) is 0 Å². The Kier molecular flexibility index (Phi) is 6.82. The topological polar surface area (TPSA) is 70.2 Å². The molecule has 0 radical (unpaired) electrons. The maximum Gasteiger partial charge on any atom is 0.251 e. The Balaban J connectivity index is 1.62. The highest BCUT2D eigenvalue weighted by molar-refractivity contribution is 7.18. The number of fused-ring (bicyclic) bond motifs is 1. The van der Waals surface area contributed by atoms with Crippen molar-refractivity contribution in [3.63, 3.8) is 0 Å². The van der Waals surface area contributed by atoms with Crippen LogP contribution in [0.5, 0.6) is 0 Å². The first-order valence-electron chi connectivity index (χ1n) is 9.85. The first-order chi connectivity index (χ1) is 13.8. The van der Waals surface area contributed by atoms with Gasteiger partial charge in [-0.15, -0.1) is 11.3 Å². The van der Waals surface area contributed by atoms with Crippen LogP contribution in [0.4, 0.5) is 5.82 Å². The Bertz CT molecular complexity index is 995. The van der Waals surface area contributed by atoms with Crippen LogP contribution in [0.1, 0.15) is 38.6 Å². The van der Waals surface area contributed by atoms with E-state index in [0.717, 1.165) is 40.4 Å². The molecule has 7 heteroatoms. The van der Waals surface area contributed by atoms with Gasteiger partial charge in [-0.05, 0) is 71.1 Å². The van der Waals surface area contributed by atoms with Crippen LogP contribution in [-0.4, -0.2) is 48.0 Å². The molecule has 0 unspecified atom stereocenters. The van der Waals surface area contributed by atoms with Crippen LogP contribution in [0.3, 0.4) is 0 Å². The highest BCUT2D eigenvalue weighted by atomic mass is 32.1. The lowest BCUT2D eigenvalue weighted by Gasteiger charge is -2.11. The molecule has 2 N–H and O–H groups in total. The number of aromatic nitrogens is 2. The number of carbonyl (C=O) groups is 1. The average molecular weight is 412 g/mol. The third-order valence-electron chi connectivity index (χ3n) is 4.88. The van der Waals surface area contributed by atoms with Gasteiger partial charge < -0.3 is 15.5 Å². The number of hydrogen-bond donors (Lipinski definition) is 2. The predicted molar refractivity (Wildman–Crippen MR) is 121 cm³/mol. The van der Waals surface area contributed by atoms with E-state index in [9.17, 15) is 4.79 Å². The van der Waals surface area contributed by atoms with Crippen LogP contribution in [0.15, 0.2) is 24.3 Å². The number of thiophene rings is 1. The Morgan fingerprint density at radius 2 is 1.83 bits per heavy atom. The number of nitrogens with one attached hydrogen (secondary N) is 2. The molecule has 0 spiro atoms. The van der Waals surface area contributed by atoms with Gasteiger partial charge in [-0.25, -0.2) is 9.97 Å². The Labute approximate surface area is 176 Å². The summed E-state index contributed by atoms with van der Waals surface area (Å²) in [7, 11) is 4.06. The zero-order valence-corrected chi connectivity index (χ0v) is 18.6. The fourth-order valence-corrected chi connectivity index (χ4v) is 4.22. The highest BCUT2D eigenvalue weighted by Gasteiger charge is 2.13. The SMILES string of the molecule is Cc1nc(NCc2ccc(C(=O)NCCCN(C)C)cc2)c2c(C)c(C)sc2n1. The van der Waals surface area contributed by atoms with Gasteiger partial charge in [0.1, 0.15) is 16.5 Å². The molecule has 154 valence electrons. The lowest BCUT2D eigenvalue weighted by atomic mass is 10.1. The van der Waals surface area contributed by atoms with Crippen LogP contribution >= 0.6 is 11.3 Å². The number of benzene rings is 1. The van der Waals surface area contributed by atoms with Gasteiger partial charge in [0.15, 0.2) is 0 Å². The average Bonchev–Trinajstić information content (AvgIpc) is 2.97. The maximum atomic E-state index is 12.2. The van der Waals surface area contributed by atoms with Gasteiger partial charge in [0.2, 0.25) is 0 Å². The molecule has 2 heterocycles. The first-order valence-corrected chi connectivity index (χ1v) is 10.7. The third kappa shape index (κ3) is 5.31. The molecule has 6 nitrogen and oxygen atoms in total. The summed E-state index contributed by atoms with van der Waals surface area (Å²) < 4.78 is 0. The summed E-state index contributed by atoms with van der Waals surface area (Å²) in [6.07, 6.45) is 0.940. The van der Waals surface area contributed by atoms with Crippen molar-refractivity contribution in [1.82, 2.24) is 20.2 Å². The van der Waals surface area contributed by atoms with E-state index in [4.69, 9.17) is 0 Å². The minimum atomic E-state index is -0.0271. The van der Waals surface area contributed by atoms with Crippen molar-refractivity contribution in [2.75, 3.05) is 32.5 Å². The molecular formula is C22H29N5OS. The number of nitrogens with zero attached hydrogens (tertiary/aromatic N) is 3. The van der Waals surface area contributed by atoms with Gasteiger partial charge in [0.05, 0.1) is 5.39 Å². The van der Waals surface area contributed by atoms with E-state index in [1.54, 1.807) is 11.3 Å². The molecule has 29 heavy (non-hydrogen) atoms. The van der Waals surface area contributed by atoms with Crippen molar-refractivity contribution in [3.8, 4) is 0 Å². The van der Waals surface area contributed by atoms with E-state index in [-0.39, 0.29) is 5.91 Å². The van der Waals surface area contributed by atoms with Crippen LogP contribution < -0.4 is 10.6 Å². The number of amides is 1. The molecule has 0 aliphatic rings. The Morgan fingerprint density at radius 1 is 1.10 bits per heavy atom. The smallest absolute Gasteiger partial charge is 0.251 e. The minimum Gasteiger partial charge on any atom is -0.365 e. The van der Waals surface area contributed by atoms with Gasteiger partial charge in [0.25, 0.3) is 5.91 Å². The number of anilines is 1. The van der Waals surface area contributed by atoms with Gasteiger partial charge >= 0.3 is 0 Å². The lowest BCUT2D eigenvalue weighted by Crippen LogP contribution is -2.27. The Hall–Kier alpha value is -2.51. The molecule has 3 aromatic rings. The van der Waals surface area contributed by atoms with E-state index in [0.29, 0.717) is 18.7 Å². The van der Waals surface area contributed by atoms with E-state index >= 15 is 0 Å². The van der Waals surface area contributed by atoms with Crippen molar-refractivity contribution < 1.29 is 4.79 Å². The summed E-state index contributed by atoms with van der Waals surface area (Å²) in [5, 5.41) is 7.52. The summed E-state index contributed by atoms with van der Waals surface area (Å²) in [6.45, 7) is 8.44. The monoisotopic (exact) mass is 411 g/mol. The maximum absolute atomic E-state index is 12.2. The Morgan fingerprint density at radius 3 is 2.52 bits per heavy atom. The van der Waals surface area contributed by atoms with E-state index in [2.05, 4.69) is 39.3 Å². The predicted octanol–water partition coefficient (Wildman–Crippen LogP) is 3.91. The molecule has 0 atom stereocenters. The second-order valence-corrected chi connectivity index (χ2v) is 8.75. The van der Waals surface area contributed by atoms with Crippen molar-refractivity contribution in [2.45, 2.75) is 33.7 Å². The fourth-order valence-electron chi connectivity index (χ4n) is 3.14. The lowest BCUT2D eigenvalue weighted by molar-refractivity contribution is 0.0952. The molecule has 0 aliphatic carbocycles. The second kappa shape index (κ2) is 9.33. The summed E-state index contributed by atoms with van der Waals surface area (Å²) in [5.41, 5.74) is 3.01. The number of aryl methyl sites for hydroxylation is 3. The first kappa shape index (κ1) is 21.2. The summed E-state index contributed by atoms with van der Waals surface area (Å²) in [5.74, 6) is 1.61. The molecule has 2 aromatic heterocycles. The fraction of sp³-hybridized carbons (Fsp3) is 0.409. The van der Waals surface area contributed by atoms with E-state index in [1.807, 2.05) is 45.3 Å². The number of rotatable bonds is 8. The molecular weight excluding hydrogens is 382 g/mol. The number of carbonyl (C=O) groups excluding carboxylic acids is 1. The largest absolute Gasteiger partial charge is 0.365 e. The molecule has 0 saturated carbocycles. The summed E-state index contributed by atoms with van der Waals surface area (Å²) in [6, 6.07) is 7.72. The molecule has 3 rings (SSSR count). The normalized spacial score (nSPS) is 11.2. The van der Waals surface area contributed by atoms with E-state index < -0.39 is 0 Å². The van der Waals surface area contributed by atoms with Crippen LogP contribution in [0, 0.1) is 20.8 Å². The van der Waals surface area contributed by atoms with E-state index in [1.165, 1.54) is 10.4 Å². The zero-order chi connectivity index (χ0) is 21.0. The van der Waals surface area contributed by atoms with Crippen LogP contribution in [0.2, 0.25) is 0 Å². The van der Waals surface area contributed by atoms with Gasteiger partial charge in [0, 0.05) is 23.5 Å². The third-order valence-corrected chi connectivity index (χ3v) is 5.99. The highest BCUT2D eigenvalue weighted by Crippen LogP contribution is 2.33. The minimum absolute atomic E-state index is 0.0271. The zero-order valence-electron chi connectivity index (χ0n) is 17.8. The quantitative estimate of drug-likeness (QED) is 0.550. The molecule has 1 amide bonds.